The van der Waals surface area contributed by atoms with Gasteiger partial charge in [0.15, 0.2) is 0 Å². The summed E-state index contributed by atoms with van der Waals surface area (Å²) >= 11 is 8.57. The van der Waals surface area contributed by atoms with E-state index < -0.39 is 0 Å². The molecule has 4 nitrogen and oxygen atoms in total. The molecule has 0 saturated carbocycles. The van der Waals surface area contributed by atoms with E-state index in [1.165, 1.54) is 14.2 Å². The minimum atomic E-state index is -0.339. The van der Waals surface area contributed by atoms with Gasteiger partial charge in [0.25, 0.3) is 0 Å². The van der Waals surface area contributed by atoms with Gasteiger partial charge in [-0.15, -0.1) is 23.5 Å². The molecule has 2 rings (SSSR count). The van der Waals surface area contributed by atoms with Crippen LogP contribution in [0.2, 0.25) is 0 Å². The highest BCUT2D eigenvalue weighted by molar-refractivity contribution is 8.46. The summed E-state index contributed by atoms with van der Waals surface area (Å²) in [5.74, 6) is 0.811. The standard InChI is InChI=1S/C19H18O4S3/c1-22-17(20)15-7-3-13(4-8-15)11-25-19(24)26-12-14-5-9-16(10-6-14)18(21)23-2/h3-10H,11-12H2,1-2H3. The number of ether oxygens (including phenoxy) is 2. The van der Waals surface area contributed by atoms with Crippen LogP contribution in [0.25, 0.3) is 0 Å². The highest BCUT2D eigenvalue weighted by atomic mass is 32.2. The van der Waals surface area contributed by atoms with Crippen molar-refractivity contribution >= 4 is 51.2 Å². The monoisotopic (exact) mass is 406 g/mol. The third-order valence-corrected chi connectivity index (χ3v) is 6.30. The van der Waals surface area contributed by atoms with Crippen LogP contribution < -0.4 is 0 Å². The van der Waals surface area contributed by atoms with Gasteiger partial charge in [-0.25, -0.2) is 9.59 Å². The molecule has 0 heterocycles. The first-order valence-corrected chi connectivity index (χ1v) is 10.1. The van der Waals surface area contributed by atoms with E-state index in [9.17, 15) is 9.59 Å². The first-order valence-electron chi connectivity index (χ1n) is 7.67. The van der Waals surface area contributed by atoms with Gasteiger partial charge in [0, 0.05) is 11.5 Å². The van der Waals surface area contributed by atoms with Crippen LogP contribution in [0.4, 0.5) is 0 Å². The first-order chi connectivity index (χ1) is 12.5. The largest absolute Gasteiger partial charge is 0.465 e. The van der Waals surface area contributed by atoms with E-state index in [-0.39, 0.29) is 11.9 Å². The third kappa shape index (κ3) is 6.16. The summed E-state index contributed by atoms with van der Waals surface area (Å²) in [6.45, 7) is 0. The normalized spacial score (nSPS) is 10.2. The quantitative estimate of drug-likeness (QED) is 0.508. The number of benzene rings is 2. The predicted molar refractivity (Wildman–Crippen MR) is 111 cm³/mol. The number of thioether (sulfide) groups is 2. The Labute approximate surface area is 166 Å². The van der Waals surface area contributed by atoms with Gasteiger partial charge in [-0.1, -0.05) is 36.5 Å². The minimum absolute atomic E-state index is 0.339. The molecule has 26 heavy (non-hydrogen) atoms. The Morgan fingerprint density at radius 2 is 1.12 bits per heavy atom. The fourth-order valence-corrected chi connectivity index (χ4v) is 4.03. The average molecular weight is 407 g/mol. The molecule has 0 saturated heterocycles. The molecule has 0 radical (unpaired) electrons. The van der Waals surface area contributed by atoms with E-state index in [1.54, 1.807) is 47.8 Å². The number of thiocarbonyl (C=S) groups is 1. The van der Waals surface area contributed by atoms with Crippen molar-refractivity contribution in [1.82, 2.24) is 0 Å². The molecule has 0 bridgehead atoms. The molecular weight excluding hydrogens is 388 g/mol. The molecule has 7 heteroatoms. The Morgan fingerprint density at radius 3 is 1.42 bits per heavy atom. The molecule has 0 amide bonds. The number of hydrogen-bond donors (Lipinski definition) is 0. The minimum Gasteiger partial charge on any atom is -0.465 e. The summed E-state index contributed by atoms with van der Waals surface area (Å²) < 4.78 is 10.2. The Kier molecular flexibility index (Phi) is 8.15. The first kappa shape index (κ1) is 20.5. The molecule has 2 aromatic carbocycles. The van der Waals surface area contributed by atoms with Crippen molar-refractivity contribution in [3.05, 3.63) is 70.8 Å². The predicted octanol–water partition coefficient (Wildman–Crippen LogP) is 4.71. The van der Waals surface area contributed by atoms with Gasteiger partial charge in [0.05, 0.1) is 25.3 Å². The van der Waals surface area contributed by atoms with Crippen LogP contribution >= 0.6 is 35.7 Å². The maximum absolute atomic E-state index is 11.4. The lowest BCUT2D eigenvalue weighted by molar-refractivity contribution is 0.0592. The second-order valence-corrected chi connectivity index (χ2v) is 8.36. The van der Waals surface area contributed by atoms with Crippen molar-refractivity contribution < 1.29 is 19.1 Å². The second-order valence-electron chi connectivity index (χ2n) is 5.20. The number of carbonyl (C=O) groups excluding carboxylic acids is 2. The lowest BCUT2D eigenvalue weighted by atomic mass is 10.1. The van der Waals surface area contributed by atoms with Crippen LogP contribution in [-0.2, 0) is 21.0 Å². The van der Waals surface area contributed by atoms with Crippen LogP contribution in [0.1, 0.15) is 31.8 Å². The lowest BCUT2D eigenvalue weighted by Gasteiger charge is -2.06. The topological polar surface area (TPSA) is 52.6 Å². The van der Waals surface area contributed by atoms with Crippen molar-refractivity contribution in [1.29, 1.82) is 0 Å². The second kappa shape index (κ2) is 10.4. The summed E-state index contributed by atoms with van der Waals surface area (Å²) in [5.41, 5.74) is 3.25. The van der Waals surface area contributed by atoms with Gasteiger partial charge < -0.3 is 9.47 Å². The zero-order valence-corrected chi connectivity index (χ0v) is 16.8. The molecule has 0 aliphatic carbocycles. The SMILES string of the molecule is COC(=O)c1ccc(CSC(=S)SCc2ccc(C(=O)OC)cc2)cc1. The fourth-order valence-electron chi connectivity index (χ4n) is 2.04. The molecule has 2 aromatic rings. The van der Waals surface area contributed by atoms with Crippen molar-refractivity contribution in [3.8, 4) is 0 Å². The molecule has 0 aliphatic rings. The maximum atomic E-state index is 11.4. The number of methoxy groups -OCH3 is 2. The van der Waals surface area contributed by atoms with Gasteiger partial charge >= 0.3 is 11.9 Å². The van der Waals surface area contributed by atoms with Gasteiger partial charge in [-0.2, -0.15) is 0 Å². The zero-order valence-electron chi connectivity index (χ0n) is 14.4. The summed E-state index contributed by atoms with van der Waals surface area (Å²) in [6.07, 6.45) is 0. The molecule has 0 aromatic heterocycles. The van der Waals surface area contributed by atoms with E-state index >= 15 is 0 Å². The van der Waals surface area contributed by atoms with Crippen molar-refractivity contribution in [2.75, 3.05) is 14.2 Å². The van der Waals surface area contributed by atoms with Crippen molar-refractivity contribution in [3.63, 3.8) is 0 Å². The maximum Gasteiger partial charge on any atom is 0.337 e. The van der Waals surface area contributed by atoms with E-state index in [1.807, 2.05) is 24.3 Å². The molecule has 0 aliphatic heterocycles. The summed E-state index contributed by atoms with van der Waals surface area (Å²) in [7, 11) is 2.73. The Bertz CT molecular complexity index is 705. The van der Waals surface area contributed by atoms with Gasteiger partial charge in [-0.3, -0.25) is 0 Å². The zero-order chi connectivity index (χ0) is 18.9. The Hall–Kier alpha value is -1.83. The molecular formula is C19H18O4S3. The van der Waals surface area contributed by atoms with Crippen molar-refractivity contribution in [2.24, 2.45) is 0 Å². The van der Waals surface area contributed by atoms with Crippen LogP contribution in [0.15, 0.2) is 48.5 Å². The van der Waals surface area contributed by atoms with Gasteiger partial charge in [0.1, 0.15) is 3.53 Å². The van der Waals surface area contributed by atoms with E-state index in [0.29, 0.717) is 11.1 Å². The van der Waals surface area contributed by atoms with E-state index in [0.717, 1.165) is 26.2 Å². The number of carbonyl (C=O) groups is 2. The molecule has 0 spiro atoms. The van der Waals surface area contributed by atoms with Crippen LogP contribution in [0.5, 0.6) is 0 Å². The van der Waals surface area contributed by atoms with Crippen molar-refractivity contribution in [2.45, 2.75) is 11.5 Å². The highest BCUT2D eigenvalue weighted by Crippen LogP contribution is 2.25. The number of hydrogen-bond acceptors (Lipinski definition) is 7. The summed E-state index contributed by atoms with van der Waals surface area (Å²) in [4.78, 5) is 22.8. The van der Waals surface area contributed by atoms with E-state index in [2.05, 4.69) is 9.47 Å². The van der Waals surface area contributed by atoms with Crippen LogP contribution in [0.3, 0.4) is 0 Å². The fraction of sp³-hybridized carbons (Fsp3) is 0.211. The van der Waals surface area contributed by atoms with Gasteiger partial charge in [0.2, 0.25) is 0 Å². The highest BCUT2D eigenvalue weighted by Gasteiger charge is 2.07. The average Bonchev–Trinajstić information content (AvgIpc) is 2.70. The number of rotatable bonds is 6. The molecule has 0 fully saturated rings. The molecule has 136 valence electrons. The number of esters is 2. The van der Waals surface area contributed by atoms with Crippen LogP contribution in [-0.4, -0.2) is 29.7 Å². The lowest BCUT2D eigenvalue weighted by Crippen LogP contribution is -2.00. The molecule has 0 atom stereocenters. The Balaban J connectivity index is 1.78. The van der Waals surface area contributed by atoms with E-state index in [4.69, 9.17) is 12.2 Å². The Morgan fingerprint density at radius 1 is 0.769 bits per heavy atom. The summed E-state index contributed by atoms with van der Waals surface area (Å²) in [5, 5.41) is 0. The van der Waals surface area contributed by atoms with Gasteiger partial charge in [-0.05, 0) is 35.4 Å². The molecule has 0 unspecified atom stereocenters. The smallest absolute Gasteiger partial charge is 0.337 e. The van der Waals surface area contributed by atoms with Crippen LogP contribution in [0, 0.1) is 0 Å². The third-order valence-electron chi connectivity index (χ3n) is 3.46. The summed E-state index contributed by atoms with van der Waals surface area (Å²) in [6, 6.07) is 14.6. The molecule has 0 N–H and O–H groups in total.